The Bertz CT molecular complexity index is 1410. The molecule has 0 aromatic carbocycles. The molecule has 2 aliphatic heterocycles. The Balaban J connectivity index is 0.000000369. The van der Waals surface area contributed by atoms with E-state index in [4.69, 9.17) is 66.9 Å². The number of ether oxygens (including phenoxy) is 2. The maximum atomic E-state index is 11.5. The highest BCUT2D eigenvalue weighted by molar-refractivity contribution is 5.50. The fraction of sp³-hybridized carbons (Fsp3) is 0.643. The van der Waals surface area contributed by atoms with Crippen molar-refractivity contribution in [2.75, 3.05) is 31.3 Å². The van der Waals surface area contributed by atoms with Crippen molar-refractivity contribution in [2.45, 2.75) is 92.6 Å². The van der Waals surface area contributed by atoms with E-state index in [0.717, 1.165) is 9.13 Å². The van der Waals surface area contributed by atoms with E-state index in [9.17, 15) is 39.6 Å². The van der Waals surface area contributed by atoms with Gasteiger partial charge in [-0.15, -0.1) is 0 Å². The second kappa shape index (κ2) is 23.0. The number of carbonyl (C=O) groups is 2. The van der Waals surface area contributed by atoms with Gasteiger partial charge in [-0.2, -0.15) is 9.97 Å². The molecule has 17 N–H and O–H groups in total. The molecule has 0 aliphatic carbocycles. The van der Waals surface area contributed by atoms with Crippen LogP contribution in [0.1, 0.15) is 25.3 Å². The third-order valence-electron chi connectivity index (χ3n) is 7.29. The largest absolute Gasteiger partial charge is 0.394 e. The second-order valence-corrected chi connectivity index (χ2v) is 11.1. The van der Waals surface area contributed by atoms with E-state index in [1.54, 1.807) is 0 Å². The minimum atomic E-state index is -2.00. The van der Waals surface area contributed by atoms with Crippen LogP contribution >= 0.6 is 0 Å². The lowest BCUT2D eigenvalue weighted by molar-refractivity contribution is -0.159. The van der Waals surface area contributed by atoms with Gasteiger partial charge in [-0.1, -0.05) is 0 Å². The summed E-state index contributed by atoms with van der Waals surface area (Å²) in [6, 6.07) is 2.74. The number of anilines is 2. The highest BCUT2D eigenvalue weighted by Gasteiger charge is 2.44. The summed E-state index contributed by atoms with van der Waals surface area (Å²) in [7, 11) is 0. The van der Waals surface area contributed by atoms with Crippen LogP contribution < -0.4 is 22.8 Å². The van der Waals surface area contributed by atoms with Gasteiger partial charge in [-0.25, -0.2) is 9.59 Å². The Hall–Kier alpha value is -3.90. The zero-order valence-electron chi connectivity index (χ0n) is 27.7. The molecule has 53 heavy (non-hydrogen) atoms. The SMILES string of the molecule is Nc1ccn([C@@H]2O[C@H](CO)[C@@H](O)[C@H]2O)c(=O)n1.Nc1ccn([C@@H]2O[C@H](CO)[C@@H](O)[C@H]2O)c(=O)n1.O=CCC(O)C(O)C(O)O.O=CCC(O)C(O)CO. The van der Waals surface area contributed by atoms with Crippen molar-refractivity contribution in [3.63, 3.8) is 0 Å². The summed E-state index contributed by atoms with van der Waals surface area (Å²) in [5.74, 6) is 0.107. The number of hydrogen-bond donors (Lipinski definition) is 15. The van der Waals surface area contributed by atoms with E-state index in [1.807, 2.05) is 0 Å². The number of carbonyl (C=O) groups excluding carboxylic acids is 2. The first-order valence-electron chi connectivity index (χ1n) is 15.4. The molecule has 4 heterocycles. The van der Waals surface area contributed by atoms with E-state index in [1.165, 1.54) is 24.5 Å². The lowest BCUT2D eigenvalue weighted by Gasteiger charge is -2.16. The molecule has 0 spiro atoms. The standard InChI is InChI=1S/2C9H13N3O5.C5H10O5.C5H10O4/c2*10-5-1-2-12(9(16)11-5)8-7(15)6(14)4(3-13)17-8;6-2-1-3(7)4(8)5(9)10;6-2-1-4(8)5(9)3-7/h2*1-2,4,6-8,13-15H,3H2,(H2,10,11,16);2-5,7-10H,1H2;2,4-5,7-9H,1,3H2/t2*4-,6-,7-,8-;;/m11../s1. The van der Waals surface area contributed by atoms with E-state index in [0.29, 0.717) is 12.6 Å². The molecule has 302 valence electrons. The predicted molar refractivity (Wildman–Crippen MR) is 173 cm³/mol. The lowest BCUT2D eigenvalue weighted by Crippen LogP contribution is -2.37. The monoisotopic (exact) mass is 770 g/mol. The van der Waals surface area contributed by atoms with E-state index >= 15 is 0 Å². The molecule has 0 saturated carbocycles. The van der Waals surface area contributed by atoms with E-state index in [2.05, 4.69) is 9.97 Å². The number of aliphatic hydroxyl groups is 13. The van der Waals surface area contributed by atoms with Gasteiger partial charge in [0.15, 0.2) is 18.7 Å². The Labute approximate surface area is 298 Å². The summed E-state index contributed by atoms with van der Waals surface area (Å²) in [5, 5.41) is 116. The number of aliphatic hydroxyl groups excluding tert-OH is 12. The predicted octanol–water partition coefficient (Wildman–Crippen LogP) is -9.23. The number of nitrogens with zero attached hydrogens (tertiary/aromatic N) is 4. The van der Waals surface area contributed by atoms with Crippen molar-refractivity contribution in [1.29, 1.82) is 0 Å². The first-order chi connectivity index (χ1) is 24.9. The smallest absolute Gasteiger partial charge is 0.351 e. The molecule has 12 atom stereocenters. The number of rotatable bonds is 12. The third-order valence-corrected chi connectivity index (χ3v) is 7.29. The van der Waals surface area contributed by atoms with Gasteiger partial charge in [0.25, 0.3) is 0 Å². The highest BCUT2D eigenvalue weighted by atomic mass is 16.6. The van der Waals surface area contributed by atoms with Crippen LogP contribution in [-0.4, -0.2) is 185 Å². The van der Waals surface area contributed by atoms with Crippen LogP contribution in [0.4, 0.5) is 11.6 Å². The molecule has 4 unspecified atom stereocenters. The number of nitrogen functional groups attached to an aromatic ring is 2. The lowest BCUT2D eigenvalue weighted by atomic mass is 10.1. The van der Waals surface area contributed by atoms with Gasteiger partial charge in [-0.05, 0) is 12.1 Å². The summed E-state index contributed by atoms with van der Waals surface area (Å²) < 4.78 is 12.4. The van der Waals surface area contributed by atoms with Crippen LogP contribution in [0.3, 0.4) is 0 Å². The van der Waals surface area contributed by atoms with Gasteiger partial charge in [-0.3, -0.25) is 9.13 Å². The molecule has 2 aliphatic rings. The quantitative estimate of drug-likeness (QED) is 0.0703. The van der Waals surface area contributed by atoms with Crippen molar-refractivity contribution in [3.8, 4) is 0 Å². The maximum Gasteiger partial charge on any atom is 0.351 e. The molecule has 25 heteroatoms. The molecule has 4 rings (SSSR count). The van der Waals surface area contributed by atoms with E-state index in [-0.39, 0.29) is 24.5 Å². The zero-order chi connectivity index (χ0) is 40.6. The Morgan fingerprint density at radius 1 is 0.660 bits per heavy atom. The van der Waals surface area contributed by atoms with Crippen LogP contribution in [0.2, 0.25) is 0 Å². The van der Waals surface area contributed by atoms with Gasteiger partial charge in [0.1, 0.15) is 73.0 Å². The fourth-order valence-electron chi connectivity index (χ4n) is 4.27. The van der Waals surface area contributed by atoms with Gasteiger partial charge in [0, 0.05) is 25.2 Å². The maximum absolute atomic E-state index is 11.5. The number of aldehydes is 2. The molecule has 2 fully saturated rings. The van der Waals surface area contributed by atoms with Crippen molar-refractivity contribution in [3.05, 3.63) is 45.5 Å². The van der Waals surface area contributed by atoms with Crippen LogP contribution in [0, 0.1) is 0 Å². The minimum absolute atomic E-state index is 0.0537. The molecule has 25 nitrogen and oxygen atoms in total. The number of nitrogens with two attached hydrogens (primary N) is 2. The van der Waals surface area contributed by atoms with Crippen LogP contribution in [0.15, 0.2) is 34.1 Å². The Kier molecular flexibility index (Phi) is 20.5. The average molecular weight is 771 g/mol. The summed E-state index contributed by atoms with van der Waals surface area (Å²) >= 11 is 0. The number of hydrogen-bond acceptors (Lipinski definition) is 23. The molecule has 2 aromatic heterocycles. The molecular weight excluding hydrogens is 724 g/mol. The first-order valence-corrected chi connectivity index (χ1v) is 15.4. The first kappa shape index (κ1) is 47.1. The van der Waals surface area contributed by atoms with Gasteiger partial charge >= 0.3 is 11.4 Å². The van der Waals surface area contributed by atoms with Crippen molar-refractivity contribution >= 4 is 24.2 Å². The van der Waals surface area contributed by atoms with Crippen LogP contribution in [0.5, 0.6) is 0 Å². The van der Waals surface area contributed by atoms with Gasteiger partial charge in [0.05, 0.1) is 32.0 Å². The third kappa shape index (κ3) is 13.8. The number of aromatic nitrogens is 4. The summed E-state index contributed by atoms with van der Waals surface area (Å²) in [5.41, 5.74) is 9.26. The summed E-state index contributed by atoms with van der Waals surface area (Å²) in [4.78, 5) is 49.4. The summed E-state index contributed by atoms with van der Waals surface area (Å²) in [6.07, 6.45) is -13.5. The average Bonchev–Trinajstić information content (AvgIpc) is 3.57. The summed E-state index contributed by atoms with van der Waals surface area (Å²) in [6.45, 7) is -1.42. The van der Waals surface area contributed by atoms with Crippen molar-refractivity contribution in [2.24, 2.45) is 0 Å². The molecule has 0 radical (unpaired) electrons. The normalized spacial score (nSPS) is 27.1. The van der Waals surface area contributed by atoms with Gasteiger partial charge < -0.3 is 96.9 Å². The second-order valence-electron chi connectivity index (χ2n) is 11.1. The Morgan fingerprint density at radius 3 is 1.32 bits per heavy atom. The zero-order valence-corrected chi connectivity index (χ0v) is 27.7. The van der Waals surface area contributed by atoms with Gasteiger partial charge in [0.2, 0.25) is 0 Å². The van der Waals surface area contributed by atoms with Crippen molar-refractivity contribution in [1.82, 2.24) is 19.1 Å². The topological polar surface area (TPSA) is 437 Å². The van der Waals surface area contributed by atoms with E-state index < -0.39 is 111 Å². The molecule has 0 bridgehead atoms. The Morgan fingerprint density at radius 2 is 1.04 bits per heavy atom. The molecule has 2 saturated heterocycles. The fourth-order valence-corrected chi connectivity index (χ4v) is 4.27. The van der Waals surface area contributed by atoms with Crippen molar-refractivity contribution < 1.29 is 85.4 Å². The highest BCUT2D eigenvalue weighted by Crippen LogP contribution is 2.29. The molecular formula is C28H46N6O19. The van der Waals surface area contributed by atoms with Crippen LogP contribution in [-0.2, 0) is 19.1 Å². The molecule has 2 aromatic rings. The minimum Gasteiger partial charge on any atom is -0.394 e. The van der Waals surface area contributed by atoms with Crippen LogP contribution in [0.25, 0.3) is 0 Å². The molecule has 0 amide bonds.